The highest BCUT2D eigenvalue weighted by atomic mass is 16.3. The first kappa shape index (κ1) is 15.8. The second-order valence-corrected chi connectivity index (χ2v) is 8.24. The highest BCUT2D eigenvalue weighted by molar-refractivity contribution is 5.46. The molecule has 2 nitrogen and oxygen atoms in total. The number of nitrogens with zero attached hydrogens (tertiary/aromatic N) is 1. The number of allylic oxidation sites excluding steroid dienone is 2. The van der Waals surface area contributed by atoms with Gasteiger partial charge in [0.15, 0.2) is 0 Å². The largest absolute Gasteiger partial charge is 0.508 e. The summed E-state index contributed by atoms with van der Waals surface area (Å²) in [6.07, 6.45) is 9.85. The van der Waals surface area contributed by atoms with Crippen molar-refractivity contribution in [2.45, 2.75) is 64.7 Å². The van der Waals surface area contributed by atoms with Crippen LogP contribution in [0.4, 0.5) is 0 Å². The van der Waals surface area contributed by atoms with Gasteiger partial charge in [0.25, 0.3) is 0 Å². The van der Waals surface area contributed by atoms with Crippen LogP contribution in [0.3, 0.4) is 0 Å². The van der Waals surface area contributed by atoms with Gasteiger partial charge in [0, 0.05) is 6.08 Å². The SMILES string of the molecule is CCc1cc2c(cc1O)CC[C@@H]1[C@@H]2CC[C@]2(C)/C(=C/C#N)CC[C@@H]12. The van der Waals surface area contributed by atoms with E-state index in [1.54, 1.807) is 0 Å². The Hall–Kier alpha value is -1.75. The number of phenols is 1. The molecule has 0 aromatic heterocycles. The number of hydrogen-bond donors (Lipinski definition) is 1. The quantitative estimate of drug-likeness (QED) is 0.717. The fourth-order valence-corrected chi connectivity index (χ4v) is 6.10. The zero-order valence-corrected chi connectivity index (χ0v) is 14.8. The summed E-state index contributed by atoms with van der Waals surface area (Å²) in [6, 6.07) is 6.62. The van der Waals surface area contributed by atoms with Crippen LogP contribution in [0, 0.1) is 28.6 Å². The summed E-state index contributed by atoms with van der Waals surface area (Å²) in [7, 11) is 0. The molecule has 4 atom stereocenters. The minimum atomic E-state index is 0.249. The van der Waals surface area contributed by atoms with Crippen molar-refractivity contribution in [2.75, 3.05) is 0 Å². The molecule has 0 saturated heterocycles. The third kappa shape index (κ3) is 2.14. The van der Waals surface area contributed by atoms with E-state index in [-0.39, 0.29) is 5.41 Å². The Kier molecular flexibility index (Phi) is 3.71. The van der Waals surface area contributed by atoms with Crippen molar-refractivity contribution in [1.82, 2.24) is 0 Å². The molecule has 0 heterocycles. The van der Waals surface area contributed by atoms with Crippen LogP contribution in [0.5, 0.6) is 5.75 Å². The van der Waals surface area contributed by atoms with Crippen LogP contribution in [0.25, 0.3) is 0 Å². The Morgan fingerprint density at radius 3 is 2.88 bits per heavy atom. The number of fused-ring (bicyclic) bond motifs is 5. The predicted octanol–water partition coefficient (Wildman–Crippen LogP) is 5.26. The van der Waals surface area contributed by atoms with Gasteiger partial charge in [-0.2, -0.15) is 5.26 Å². The van der Waals surface area contributed by atoms with Crippen LogP contribution in [0.15, 0.2) is 23.8 Å². The van der Waals surface area contributed by atoms with Crippen molar-refractivity contribution in [2.24, 2.45) is 17.3 Å². The van der Waals surface area contributed by atoms with E-state index in [1.807, 2.05) is 12.1 Å². The van der Waals surface area contributed by atoms with Gasteiger partial charge < -0.3 is 5.11 Å². The van der Waals surface area contributed by atoms with Gasteiger partial charge >= 0.3 is 0 Å². The van der Waals surface area contributed by atoms with Gasteiger partial charge in [-0.1, -0.05) is 25.5 Å². The first-order valence-corrected chi connectivity index (χ1v) is 9.52. The van der Waals surface area contributed by atoms with E-state index >= 15 is 0 Å². The van der Waals surface area contributed by atoms with E-state index in [4.69, 9.17) is 5.26 Å². The van der Waals surface area contributed by atoms with Crippen LogP contribution < -0.4 is 0 Å². The van der Waals surface area contributed by atoms with Gasteiger partial charge in [0.05, 0.1) is 6.07 Å². The van der Waals surface area contributed by atoms with Crippen LogP contribution in [-0.2, 0) is 12.8 Å². The summed E-state index contributed by atoms with van der Waals surface area (Å²) >= 11 is 0. The van der Waals surface area contributed by atoms with Gasteiger partial charge in [-0.25, -0.2) is 0 Å². The summed E-state index contributed by atoms with van der Waals surface area (Å²) in [5.74, 6) is 2.60. The van der Waals surface area contributed by atoms with Crippen molar-refractivity contribution < 1.29 is 5.11 Å². The van der Waals surface area contributed by atoms with Crippen LogP contribution >= 0.6 is 0 Å². The van der Waals surface area contributed by atoms with Crippen LogP contribution in [0.2, 0.25) is 0 Å². The molecule has 0 aliphatic heterocycles. The molecule has 0 bridgehead atoms. The molecule has 24 heavy (non-hydrogen) atoms. The molecule has 2 heteroatoms. The van der Waals surface area contributed by atoms with E-state index in [2.05, 4.69) is 26.0 Å². The lowest BCUT2D eigenvalue weighted by Crippen LogP contribution is -2.40. The molecule has 0 spiro atoms. The average molecular weight is 321 g/mol. The molecule has 1 aromatic carbocycles. The third-order valence-corrected chi connectivity index (χ3v) is 7.39. The van der Waals surface area contributed by atoms with E-state index in [9.17, 15) is 5.11 Å². The van der Waals surface area contributed by atoms with Gasteiger partial charge in [-0.05, 0) is 90.9 Å². The molecule has 3 aliphatic carbocycles. The van der Waals surface area contributed by atoms with Gasteiger partial charge in [0.1, 0.15) is 5.75 Å². The van der Waals surface area contributed by atoms with Crippen LogP contribution in [0.1, 0.15) is 68.6 Å². The summed E-state index contributed by atoms with van der Waals surface area (Å²) in [5, 5.41) is 19.3. The smallest absolute Gasteiger partial charge is 0.119 e. The monoisotopic (exact) mass is 321 g/mol. The molecule has 0 amide bonds. The first-order valence-electron chi connectivity index (χ1n) is 9.52. The lowest BCUT2D eigenvalue weighted by atomic mass is 9.55. The standard InChI is InChI=1S/C22H27NO/c1-3-14-12-19-15(13-21(14)24)4-6-18-17(19)8-10-22(2)16(9-11-23)5-7-20(18)22/h9,12-13,17-18,20,24H,3-8,10H2,1-2H3/b16-9+/t17-,18+,20-,22+/m0/s1. The highest BCUT2D eigenvalue weighted by Gasteiger charge is 2.52. The molecule has 1 N–H and O–H groups in total. The Balaban J connectivity index is 1.72. The van der Waals surface area contributed by atoms with E-state index < -0.39 is 0 Å². The Labute approximate surface area is 145 Å². The molecule has 1 aromatic rings. The topological polar surface area (TPSA) is 44.0 Å². The number of nitriles is 1. The van der Waals surface area contributed by atoms with Crippen molar-refractivity contribution in [3.8, 4) is 11.8 Å². The highest BCUT2D eigenvalue weighted by Crippen LogP contribution is 2.62. The van der Waals surface area contributed by atoms with Crippen molar-refractivity contribution in [1.29, 1.82) is 5.26 Å². The second kappa shape index (κ2) is 5.66. The molecule has 2 fully saturated rings. The van der Waals surface area contributed by atoms with Gasteiger partial charge in [-0.15, -0.1) is 0 Å². The Morgan fingerprint density at radius 1 is 1.29 bits per heavy atom. The molecular formula is C22H27NO. The minimum absolute atomic E-state index is 0.249. The van der Waals surface area contributed by atoms with E-state index in [0.717, 1.165) is 36.7 Å². The zero-order valence-electron chi connectivity index (χ0n) is 14.8. The molecule has 4 rings (SSSR count). The lowest BCUT2D eigenvalue weighted by Gasteiger charge is -2.49. The Morgan fingerprint density at radius 2 is 2.12 bits per heavy atom. The molecule has 2 saturated carbocycles. The fourth-order valence-electron chi connectivity index (χ4n) is 6.10. The van der Waals surface area contributed by atoms with Crippen molar-refractivity contribution in [3.05, 3.63) is 40.5 Å². The number of benzene rings is 1. The number of rotatable bonds is 1. The van der Waals surface area contributed by atoms with Crippen molar-refractivity contribution in [3.63, 3.8) is 0 Å². The minimum Gasteiger partial charge on any atom is -0.508 e. The van der Waals surface area contributed by atoms with E-state index in [0.29, 0.717) is 11.7 Å². The maximum absolute atomic E-state index is 10.2. The predicted molar refractivity (Wildman–Crippen MR) is 95.8 cm³/mol. The second-order valence-electron chi connectivity index (χ2n) is 8.24. The molecule has 0 radical (unpaired) electrons. The fraction of sp³-hybridized carbons (Fsp3) is 0.591. The first-order chi connectivity index (χ1) is 11.6. The molecule has 3 aliphatic rings. The van der Waals surface area contributed by atoms with Crippen LogP contribution in [-0.4, -0.2) is 5.11 Å². The summed E-state index contributed by atoms with van der Waals surface area (Å²) in [5.41, 5.74) is 5.64. The van der Waals surface area contributed by atoms with Crippen molar-refractivity contribution >= 4 is 0 Å². The maximum Gasteiger partial charge on any atom is 0.119 e. The maximum atomic E-state index is 10.2. The van der Waals surface area contributed by atoms with E-state index in [1.165, 1.54) is 42.4 Å². The normalized spacial score (nSPS) is 35.9. The average Bonchev–Trinajstić information content (AvgIpc) is 2.91. The summed E-state index contributed by atoms with van der Waals surface area (Å²) in [6.45, 7) is 4.53. The third-order valence-electron chi connectivity index (χ3n) is 7.39. The number of hydrogen-bond acceptors (Lipinski definition) is 2. The van der Waals surface area contributed by atoms with Gasteiger partial charge in [-0.3, -0.25) is 0 Å². The molecule has 0 unspecified atom stereocenters. The Bertz CT molecular complexity index is 741. The number of aryl methyl sites for hydroxylation is 2. The number of phenolic OH excluding ortho intramolecular Hbond substituents is 1. The summed E-state index contributed by atoms with van der Waals surface area (Å²) in [4.78, 5) is 0. The number of aromatic hydroxyl groups is 1. The summed E-state index contributed by atoms with van der Waals surface area (Å²) < 4.78 is 0. The van der Waals surface area contributed by atoms with Gasteiger partial charge in [0.2, 0.25) is 0 Å². The molecular weight excluding hydrogens is 294 g/mol. The zero-order chi connectivity index (χ0) is 16.9. The molecule has 126 valence electrons. The lowest BCUT2D eigenvalue weighted by molar-refractivity contribution is 0.0814.